The highest BCUT2D eigenvalue weighted by Crippen LogP contribution is 2.32. The van der Waals surface area contributed by atoms with E-state index in [0.717, 1.165) is 45.6 Å². The molecule has 3 saturated heterocycles. The lowest BCUT2D eigenvalue weighted by Crippen LogP contribution is -2.67. The predicted octanol–water partition coefficient (Wildman–Crippen LogP) is 2.14. The lowest BCUT2D eigenvalue weighted by atomic mass is 9.82. The number of hydrogen-bond donors (Lipinski definition) is 2. The van der Waals surface area contributed by atoms with Crippen molar-refractivity contribution < 1.29 is 50.9 Å². The second kappa shape index (κ2) is 14.0. The number of aliphatic carboxylic acids is 2. The molecule has 37 heavy (non-hydrogen) atoms. The van der Waals surface area contributed by atoms with E-state index in [2.05, 4.69) is 28.3 Å². The monoisotopic (exact) mass is 548 g/mol. The molecule has 0 aromatic heterocycles. The van der Waals surface area contributed by atoms with E-state index >= 15 is 0 Å². The molecular weight excluding hydrogens is 514 g/mol. The molecule has 0 aromatic rings. The summed E-state index contributed by atoms with van der Waals surface area (Å²) >= 11 is 0. The maximum absolute atomic E-state index is 13.0. The molecule has 0 saturated carbocycles. The van der Waals surface area contributed by atoms with E-state index < -0.39 is 24.3 Å². The van der Waals surface area contributed by atoms with Crippen LogP contribution >= 0.6 is 0 Å². The third-order valence-electron chi connectivity index (χ3n) is 6.57. The molecule has 0 aromatic carbocycles. The Morgan fingerprint density at radius 3 is 1.65 bits per heavy atom. The minimum Gasteiger partial charge on any atom is -0.475 e. The first-order valence-corrected chi connectivity index (χ1v) is 11.7. The van der Waals surface area contributed by atoms with Gasteiger partial charge in [-0.3, -0.25) is 9.69 Å². The number of nitrogens with zero attached hydrogens (tertiary/aromatic N) is 4. The molecule has 3 aliphatic rings. The molecule has 0 unspecified atom stereocenters. The molecule has 0 bridgehead atoms. The van der Waals surface area contributed by atoms with Crippen LogP contribution in [0.2, 0.25) is 0 Å². The molecule has 3 heterocycles. The summed E-state index contributed by atoms with van der Waals surface area (Å²) in [4.78, 5) is 40.2. The molecule has 3 aliphatic heterocycles. The highest BCUT2D eigenvalue weighted by Gasteiger charge is 2.48. The van der Waals surface area contributed by atoms with Crippen LogP contribution in [0.1, 0.15) is 25.7 Å². The molecular formula is C22H34F6N4O5. The van der Waals surface area contributed by atoms with Crippen molar-refractivity contribution in [3.63, 3.8) is 0 Å². The smallest absolute Gasteiger partial charge is 0.475 e. The molecule has 0 radical (unpaired) electrons. The number of alkyl halides is 6. The Kier molecular flexibility index (Phi) is 12.3. The fraction of sp³-hybridized carbons (Fsp3) is 0.773. The van der Waals surface area contributed by atoms with Crippen molar-refractivity contribution in [1.82, 2.24) is 19.6 Å². The van der Waals surface area contributed by atoms with Crippen LogP contribution < -0.4 is 0 Å². The van der Waals surface area contributed by atoms with Gasteiger partial charge in [0.2, 0.25) is 5.91 Å². The summed E-state index contributed by atoms with van der Waals surface area (Å²) < 4.78 is 63.5. The summed E-state index contributed by atoms with van der Waals surface area (Å²) in [5, 5.41) is 14.2. The topological polar surface area (TPSA) is 105 Å². The maximum atomic E-state index is 13.0. The molecule has 2 N–H and O–H groups in total. The average molecular weight is 549 g/mol. The van der Waals surface area contributed by atoms with E-state index in [-0.39, 0.29) is 5.54 Å². The van der Waals surface area contributed by atoms with Crippen LogP contribution in [0, 0.1) is 0 Å². The van der Waals surface area contributed by atoms with Gasteiger partial charge in [-0.15, -0.1) is 6.58 Å². The van der Waals surface area contributed by atoms with Gasteiger partial charge >= 0.3 is 24.3 Å². The first-order valence-electron chi connectivity index (χ1n) is 11.7. The third kappa shape index (κ3) is 10.1. The van der Waals surface area contributed by atoms with Gasteiger partial charge in [0.25, 0.3) is 0 Å². The third-order valence-corrected chi connectivity index (χ3v) is 6.57. The Labute approximate surface area is 211 Å². The number of carboxylic acids is 2. The van der Waals surface area contributed by atoms with Gasteiger partial charge in [-0.25, -0.2) is 9.59 Å². The van der Waals surface area contributed by atoms with Crippen LogP contribution in [-0.2, 0) is 14.4 Å². The van der Waals surface area contributed by atoms with E-state index in [1.54, 1.807) is 0 Å². The lowest BCUT2D eigenvalue weighted by molar-refractivity contribution is -0.193. The Morgan fingerprint density at radius 1 is 0.865 bits per heavy atom. The van der Waals surface area contributed by atoms with Crippen LogP contribution in [0.3, 0.4) is 0 Å². The number of carbonyl (C=O) groups is 3. The van der Waals surface area contributed by atoms with Crippen LogP contribution in [0.4, 0.5) is 26.3 Å². The van der Waals surface area contributed by atoms with E-state index in [0.29, 0.717) is 12.5 Å². The van der Waals surface area contributed by atoms with E-state index in [9.17, 15) is 31.1 Å². The fourth-order valence-corrected chi connectivity index (χ4v) is 4.41. The largest absolute Gasteiger partial charge is 0.490 e. The number of amides is 1. The predicted molar refractivity (Wildman–Crippen MR) is 121 cm³/mol. The van der Waals surface area contributed by atoms with Gasteiger partial charge in [0.15, 0.2) is 0 Å². The van der Waals surface area contributed by atoms with Gasteiger partial charge in [-0.2, -0.15) is 26.3 Å². The summed E-state index contributed by atoms with van der Waals surface area (Å²) in [5.74, 6) is -5.19. The van der Waals surface area contributed by atoms with Crippen molar-refractivity contribution in [2.45, 2.75) is 43.6 Å². The average Bonchev–Trinajstić information content (AvgIpc) is 3.32. The van der Waals surface area contributed by atoms with Crippen molar-refractivity contribution in [3.8, 4) is 0 Å². The quantitative estimate of drug-likeness (QED) is 0.398. The number of carbonyl (C=O) groups excluding carboxylic acids is 1. The second-order valence-electron chi connectivity index (χ2n) is 8.99. The molecule has 9 nitrogen and oxygen atoms in total. The van der Waals surface area contributed by atoms with Crippen molar-refractivity contribution >= 4 is 17.8 Å². The van der Waals surface area contributed by atoms with Crippen LogP contribution in [0.25, 0.3) is 0 Å². The van der Waals surface area contributed by atoms with E-state index in [1.807, 2.05) is 11.0 Å². The number of piperazine rings is 1. The van der Waals surface area contributed by atoms with Crippen LogP contribution in [-0.4, -0.2) is 132 Å². The summed E-state index contributed by atoms with van der Waals surface area (Å²) in [6.45, 7) is 13.3. The van der Waals surface area contributed by atoms with Gasteiger partial charge in [0.1, 0.15) is 5.54 Å². The summed E-state index contributed by atoms with van der Waals surface area (Å²) in [6.07, 6.45) is -3.66. The number of piperidine rings is 1. The molecule has 0 atom stereocenters. The second-order valence-corrected chi connectivity index (χ2v) is 8.99. The van der Waals surface area contributed by atoms with Gasteiger partial charge in [-0.1, -0.05) is 6.08 Å². The number of likely N-dealkylation sites (N-methyl/N-ethyl adjacent to an activating group) is 1. The van der Waals surface area contributed by atoms with E-state index in [1.165, 1.54) is 32.5 Å². The number of likely N-dealkylation sites (tertiary alicyclic amines) is 2. The summed E-state index contributed by atoms with van der Waals surface area (Å²) in [5.41, 5.74) is -0.259. The van der Waals surface area contributed by atoms with E-state index in [4.69, 9.17) is 19.8 Å². The minimum absolute atomic E-state index is 0.259. The molecule has 214 valence electrons. The van der Waals surface area contributed by atoms with Gasteiger partial charge in [-0.05, 0) is 45.8 Å². The molecule has 0 aliphatic carbocycles. The first-order chi connectivity index (χ1) is 17.0. The fourth-order valence-electron chi connectivity index (χ4n) is 4.41. The Bertz CT molecular complexity index is 755. The van der Waals surface area contributed by atoms with Gasteiger partial charge in [0.05, 0.1) is 0 Å². The van der Waals surface area contributed by atoms with Gasteiger partial charge in [0, 0.05) is 45.8 Å². The zero-order valence-electron chi connectivity index (χ0n) is 20.7. The first kappa shape index (κ1) is 32.6. The summed E-state index contributed by atoms with van der Waals surface area (Å²) in [6, 6.07) is 0. The highest BCUT2D eigenvalue weighted by atomic mass is 19.4. The normalized spacial score (nSPS) is 21.1. The Balaban J connectivity index is 0.000000404. The van der Waals surface area contributed by atoms with Crippen LogP contribution in [0.5, 0.6) is 0 Å². The zero-order valence-corrected chi connectivity index (χ0v) is 20.7. The van der Waals surface area contributed by atoms with Crippen LogP contribution in [0.15, 0.2) is 12.7 Å². The maximum Gasteiger partial charge on any atom is 0.490 e. The summed E-state index contributed by atoms with van der Waals surface area (Å²) in [7, 11) is 2.13. The van der Waals surface area contributed by atoms with Crippen molar-refractivity contribution in [1.29, 1.82) is 0 Å². The lowest BCUT2D eigenvalue weighted by Gasteiger charge is -2.51. The Hall–Kier alpha value is -2.39. The molecule has 1 amide bonds. The van der Waals surface area contributed by atoms with Crippen molar-refractivity contribution in [2.24, 2.45) is 0 Å². The van der Waals surface area contributed by atoms with Gasteiger partial charge < -0.3 is 24.9 Å². The number of carboxylic acid groups (broad SMARTS) is 2. The molecule has 3 fully saturated rings. The number of hydrogen-bond acceptors (Lipinski definition) is 6. The Morgan fingerprint density at radius 2 is 1.27 bits per heavy atom. The minimum atomic E-state index is -5.08. The number of halogens is 6. The molecule has 15 heteroatoms. The number of rotatable bonds is 5. The highest BCUT2D eigenvalue weighted by molar-refractivity contribution is 5.87. The van der Waals surface area contributed by atoms with Crippen molar-refractivity contribution in [3.05, 3.63) is 12.7 Å². The zero-order chi connectivity index (χ0) is 28.4. The molecule has 3 rings (SSSR count). The standard InChI is InChI=1S/C18H32N4O.2C2HF3O2/c1-3-8-22-16-13-19(2)18(17(22)23)6-11-21(12-7-18)15-14-20-9-4-5-10-20;2*3-2(4,5)1(6)7/h3H,1,4-16H2,2H3;2*(H,6,7). The van der Waals surface area contributed by atoms with Crippen molar-refractivity contribution in [2.75, 3.05) is 66.0 Å². The SMILES string of the molecule is C=CCN1CCN(C)C2(CCN(CCN3CCCC3)CC2)C1=O.O=C(O)C(F)(F)F.O=C(O)C(F)(F)F. The molecule has 1 spiro atoms.